The minimum absolute atomic E-state index is 0.126. The van der Waals surface area contributed by atoms with Gasteiger partial charge in [-0.15, -0.1) is 0 Å². The highest BCUT2D eigenvalue weighted by molar-refractivity contribution is 5.95. The van der Waals surface area contributed by atoms with Crippen LogP contribution in [0.15, 0.2) is 16.5 Å². The van der Waals surface area contributed by atoms with Crippen molar-refractivity contribution in [1.82, 2.24) is 9.88 Å². The summed E-state index contributed by atoms with van der Waals surface area (Å²) in [6.45, 7) is 12.3. The molecule has 1 amide bonds. The number of amides is 1. The Morgan fingerprint density at radius 3 is 2.43 bits per heavy atom. The van der Waals surface area contributed by atoms with E-state index in [1.807, 2.05) is 39.8 Å². The Morgan fingerprint density at radius 2 is 1.96 bits per heavy atom. The first-order valence-corrected chi connectivity index (χ1v) is 7.92. The van der Waals surface area contributed by atoms with Crippen molar-refractivity contribution in [2.75, 3.05) is 6.54 Å². The minimum atomic E-state index is -1.17. The molecule has 1 atom stereocenters. The van der Waals surface area contributed by atoms with Crippen molar-refractivity contribution in [1.29, 1.82) is 0 Å². The Kier molecular flexibility index (Phi) is 4.71. The van der Waals surface area contributed by atoms with Crippen LogP contribution in [0.4, 0.5) is 0 Å². The molecule has 0 spiro atoms. The van der Waals surface area contributed by atoms with Crippen LogP contribution in [-0.2, 0) is 12.1 Å². The topological polar surface area (TPSA) is 67.4 Å². The van der Waals surface area contributed by atoms with Gasteiger partial charge in [-0.3, -0.25) is 4.79 Å². The zero-order valence-electron chi connectivity index (χ0n) is 14.8. The molecular weight excluding hydrogens is 292 g/mol. The first-order valence-electron chi connectivity index (χ1n) is 7.92. The third-order valence-corrected chi connectivity index (χ3v) is 4.35. The van der Waals surface area contributed by atoms with Crippen molar-refractivity contribution in [3.05, 3.63) is 46.2 Å². The highest BCUT2D eigenvalue weighted by Gasteiger charge is 2.28. The van der Waals surface area contributed by atoms with Crippen LogP contribution >= 0.6 is 0 Å². The lowest BCUT2D eigenvalue weighted by molar-refractivity contribution is 0.0514. The van der Waals surface area contributed by atoms with Gasteiger partial charge in [0.05, 0.1) is 12.1 Å². The highest BCUT2D eigenvalue weighted by atomic mass is 16.3. The van der Waals surface area contributed by atoms with Crippen LogP contribution in [-0.4, -0.2) is 22.1 Å². The molecule has 0 aromatic carbocycles. The predicted octanol–water partition coefficient (Wildman–Crippen LogP) is 2.97. The molecule has 0 radical (unpaired) electrons. The van der Waals surface area contributed by atoms with Crippen LogP contribution in [0.3, 0.4) is 0 Å². The molecule has 0 bridgehead atoms. The fraction of sp³-hybridized carbons (Fsp3) is 0.500. The van der Waals surface area contributed by atoms with E-state index in [0.717, 1.165) is 23.7 Å². The number of rotatable bonds is 5. The van der Waals surface area contributed by atoms with Gasteiger partial charge in [0.15, 0.2) is 0 Å². The number of carbonyl (C=O) groups excluding carboxylic acids is 1. The minimum Gasteiger partial charge on any atom is -0.466 e. The van der Waals surface area contributed by atoms with E-state index in [4.69, 9.17) is 4.42 Å². The Morgan fingerprint density at radius 1 is 1.30 bits per heavy atom. The lowest BCUT2D eigenvalue weighted by Crippen LogP contribution is -2.38. The summed E-state index contributed by atoms with van der Waals surface area (Å²) >= 11 is 0. The predicted molar refractivity (Wildman–Crippen MR) is 89.7 cm³/mol. The SMILES string of the molecule is CCn1c(C)cc(C(=O)NCC(C)(O)c2cc(C)oc2C)c1C. The van der Waals surface area contributed by atoms with E-state index >= 15 is 0 Å². The van der Waals surface area contributed by atoms with E-state index in [9.17, 15) is 9.90 Å². The van der Waals surface area contributed by atoms with Gasteiger partial charge in [0, 0.05) is 23.5 Å². The van der Waals surface area contributed by atoms with Gasteiger partial charge in [0.2, 0.25) is 0 Å². The maximum atomic E-state index is 12.5. The molecule has 1 unspecified atom stereocenters. The Bertz CT molecular complexity index is 723. The number of aliphatic hydroxyl groups is 1. The lowest BCUT2D eigenvalue weighted by atomic mass is 9.96. The molecule has 23 heavy (non-hydrogen) atoms. The number of nitrogens with zero attached hydrogens (tertiary/aromatic N) is 1. The summed E-state index contributed by atoms with van der Waals surface area (Å²) in [5.41, 5.74) is 2.18. The number of hydrogen-bond donors (Lipinski definition) is 2. The standard InChI is InChI=1S/C18H26N2O3/c1-7-20-11(2)8-15(13(20)4)17(21)19-10-18(6,22)16-9-12(3)23-14(16)5/h8-9,22H,7,10H2,1-6H3,(H,19,21). The fourth-order valence-corrected chi connectivity index (χ4v) is 3.13. The van der Waals surface area contributed by atoms with Gasteiger partial charge in [0.1, 0.15) is 17.1 Å². The van der Waals surface area contributed by atoms with Crippen LogP contribution in [0.1, 0.15) is 52.7 Å². The fourth-order valence-electron chi connectivity index (χ4n) is 3.13. The van der Waals surface area contributed by atoms with Gasteiger partial charge in [-0.1, -0.05) is 0 Å². The monoisotopic (exact) mass is 318 g/mol. The normalized spacial score (nSPS) is 13.9. The number of nitrogens with one attached hydrogen (secondary N) is 1. The van der Waals surface area contributed by atoms with Gasteiger partial charge in [-0.2, -0.15) is 0 Å². The first-order chi connectivity index (χ1) is 10.7. The summed E-state index contributed by atoms with van der Waals surface area (Å²) in [6, 6.07) is 3.70. The highest BCUT2D eigenvalue weighted by Crippen LogP contribution is 2.26. The molecular formula is C18H26N2O3. The van der Waals surface area contributed by atoms with Crippen LogP contribution in [0, 0.1) is 27.7 Å². The number of hydrogen-bond acceptors (Lipinski definition) is 3. The van der Waals surface area contributed by atoms with Gasteiger partial charge in [-0.05, 0) is 53.7 Å². The molecule has 2 N–H and O–H groups in total. The average molecular weight is 318 g/mol. The van der Waals surface area contributed by atoms with Crippen LogP contribution in [0.5, 0.6) is 0 Å². The second-order valence-electron chi connectivity index (χ2n) is 6.31. The van der Waals surface area contributed by atoms with Crippen molar-refractivity contribution in [3.63, 3.8) is 0 Å². The maximum absolute atomic E-state index is 12.5. The van der Waals surface area contributed by atoms with Gasteiger partial charge in [0.25, 0.3) is 5.91 Å². The van der Waals surface area contributed by atoms with Crippen LogP contribution in [0.2, 0.25) is 0 Å². The molecule has 0 saturated carbocycles. The smallest absolute Gasteiger partial charge is 0.253 e. The van der Waals surface area contributed by atoms with Gasteiger partial charge < -0.3 is 19.4 Å². The number of furan rings is 1. The Balaban J connectivity index is 2.14. The molecule has 5 heteroatoms. The average Bonchev–Trinajstić information content (AvgIpc) is 2.96. The van der Waals surface area contributed by atoms with Crippen molar-refractivity contribution in [3.8, 4) is 0 Å². The molecule has 0 aliphatic carbocycles. The summed E-state index contributed by atoms with van der Waals surface area (Å²) < 4.78 is 7.56. The van der Waals surface area contributed by atoms with Gasteiger partial charge >= 0.3 is 0 Å². The van der Waals surface area contributed by atoms with E-state index < -0.39 is 5.60 Å². The second kappa shape index (κ2) is 6.24. The van der Waals surface area contributed by atoms with Crippen molar-refractivity contribution >= 4 is 5.91 Å². The lowest BCUT2D eigenvalue weighted by Gasteiger charge is -2.23. The summed E-state index contributed by atoms with van der Waals surface area (Å²) in [6.07, 6.45) is 0. The third kappa shape index (κ3) is 3.34. The molecule has 0 saturated heterocycles. The molecule has 126 valence electrons. The van der Waals surface area contributed by atoms with E-state index in [-0.39, 0.29) is 12.5 Å². The van der Waals surface area contributed by atoms with E-state index in [0.29, 0.717) is 16.9 Å². The van der Waals surface area contributed by atoms with Gasteiger partial charge in [-0.25, -0.2) is 0 Å². The Hall–Kier alpha value is -2.01. The Labute approximate surface area is 137 Å². The summed E-state index contributed by atoms with van der Waals surface area (Å²) in [4.78, 5) is 12.5. The van der Waals surface area contributed by atoms with Crippen LogP contribution in [0.25, 0.3) is 0 Å². The largest absolute Gasteiger partial charge is 0.466 e. The zero-order valence-corrected chi connectivity index (χ0v) is 14.8. The number of carbonyl (C=O) groups is 1. The summed E-state index contributed by atoms with van der Waals surface area (Å²) in [5, 5.41) is 13.5. The molecule has 5 nitrogen and oxygen atoms in total. The summed E-state index contributed by atoms with van der Waals surface area (Å²) in [5.74, 6) is 1.25. The van der Waals surface area contributed by atoms with Crippen molar-refractivity contribution < 1.29 is 14.3 Å². The van der Waals surface area contributed by atoms with E-state index in [1.54, 1.807) is 6.92 Å². The van der Waals surface area contributed by atoms with Crippen LogP contribution < -0.4 is 5.32 Å². The molecule has 0 fully saturated rings. The molecule has 2 heterocycles. The third-order valence-electron chi connectivity index (χ3n) is 4.35. The quantitative estimate of drug-likeness (QED) is 0.890. The zero-order chi connectivity index (χ0) is 17.4. The summed E-state index contributed by atoms with van der Waals surface area (Å²) in [7, 11) is 0. The number of aryl methyl sites for hydroxylation is 3. The van der Waals surface area contributed by atoms with E-state index in [1.165, 1.54) is 0 Å². The molecule has 2 rings (SSSR count). The van der Waals surface area contributed by atoms with E-state index in [2.05, 4.69) is 16.8 Å². The first kappa shape index (κ1) is 17.3. The van der Waals surface area contributed by atoms with Crippen molar-refractivity contribution in [2.24, 2.45) is 0 Å². The van der Waals surface area contributed by atoms with Crippen molar-refractivity contribution in [2.45, 2.75) is 53.7 Å². The molecule has 0 aliphatic rings. The molecule has 2 aromatic heterocycles. The molecule has 2 aromatic rings. The number of aromatic nitrogens is 1. The maximum Gasteiger partial charge on any atom is 0.253 e. The molecule has 0 aliphatic heterocycles. The second-order valence-corrected chi connectivity index (χ2v) is 6.31.